The van der Waals surface area contributed by atoms with Crippen LogP contribution in [-0.2, 0) is 12.7 Å². The molecule has 96 valence electrons. The summed E-state index contributed by atoms with van der Waals surface area (Å²) in [5, 5.41) is 14.2. The zero-order valence-electron chi connectivity index (χ0n) is 9.44. The minimum atomic E-state index is -4.41. The quantitative estimate of drug-likeness (QED) is 0.903. The molecule has 2 aromatic heterocycles. The van der Waals surface area contributed by atoms with Gasteiger partial charge in [-0.1, -0.05) is 0 Å². The van der Waals surface area contributed by atoms with E-state index in [-0.39, 0.29) is 5.82 Å². The maximum Gasteiger partial charge on any atom is 0.419 e. The van der Waals surface area contributed by atoms with E-state index in [1.54, 1.807) is 19.2 Å². The number of aromatic nitrogens is 4. The predicted octanol–water partition coefficient (Wildman–Crippen LogP) is 1.40. The van der Waals surface area contributed by atoms with Gasteiger partial charge in [-0.2, -0.15) is 23.4 Å². The molecule has 2 heterocycles. The van der Waals surface area contributed by atoms with Crippen LogP contribution < -0.4 is 5.32 Å². The molecule has 0 aliphatic carbocycles. The Morgan fingerprint density at radius 2 is 2.06 bits per heavy atom. The first kappa shape index (κ1) is 12.5. The van der Waals surface area contributed by atoms with Crippen LogP contribution in [0.3, 0.4) is 0 Å². The topological polar surface area (TPSA) is 55.6 Å². The van der Waals surface area contributed by atoms with Gasteiger partial charge in [0.15, 0.2) is 5.82 Å². The summed E-state index contributed by atoms with van der Waals surface area (Å²) in [6.07, 6.45) is -2.78. The van der Waals surface area contributed by atoms with E-state index < -0.39 is 11.7 Å². The van der Waals surface area contributed by atoms with Gasteiger partial charge in [0.25, 0.3) is 0 Å². The van der Waals surface area contributed by atoms with Crippen molar-refractivity contribution in [1.29, 1.82) is 0 Å². The third-order valence-corrected chi connectivity index (χ3v) is 2.21. The van der Waals surface area contributed by atoms with Crippen molar-refractivity contribution in [2.75, 3.05) is 7.05 Å². The highest BCUT2D eigenvalue weighted by molar-refractivity contribution is 5.23. The van der Waals surface area contributed by atoms with Gasteiger partial charge in [-0.25, -0.2) is 4.68 Å². The van der Waals surface area contributed by atoms with Crippen LogP contribution in [0.5, 0.6) is 0 Å². The van der Waals surface area contributed by atoms with Gasteiger partial charge in [0.1, 0.15) is 0 Å². The van der Waals surface area contributed by atoms with Gasteiger partial charge in [-0.05, 0) is 19.2 Å². The first-order chi connectivity index (χ1) is 8.50. The Balaban J connectivity index is 2.23. The molecule has 0 amide bonds. The fraction of sp³-hybridized carbons (Fsp3) is 0.300. The van der Waals surface area contributed by atoms with Crippen LogP contribution in [0.25, 0.3) is 5.82 Å². The predicted molar refractivity (Wildman–Crippen MR) is 56.9 cm³/mol. The number of hydrogen-bond acceptors (Lipinski definition) is 4. The van der Waals surface area contributed by atoms with Gasteiger partial charge in [-0.15, -0.1) is 5.10 Å². The van der Waals surface area contributed by atoms with Crippen LogP contribution in [0.4, 0.5) is 13.2 Å². The highest BCUT2D eigenvalue weighted by atomic mass is 19.4. The number of nitrogens with one attached hydrogen (secondary N) is 1. The van der Waals surface area contributed by atoms with Crippen molar-refractivity contribution >= 4 is 0 Å². The molecule has 0 saturated carbocycles. The SMILES string of the molecule is CNCc1ccc(-n2cc(C(F)(F)F)cn2)nn1. The summed E-state index contributed by atoms with van der Waals surface area (Å²) in [5.74, 6) is 0.241. The van der Waals surface area contributed by atoms with E-state index in [9.17, 15) is 13.2 Å². The summed E-state index contributed by atoms with van der Waals surface area (Å²) >= 11 is 0. The molecule has 0 unspecified atom stereocenters. The van der Waals surface area contributed by atoms with E-state index >= 15 is 0 Å². The van der Waals surface area contributed by atoms with E-state index in [1.807, 2.05) is 0 Å². The van der Waals surface area contributed by atoms with E-state index in [1.165, 1.54) is 0 Å². The molecule has 8 heteroatoms. The number of rotatable bonds is 3. The second-order valence-electron chi connectivity index (χ2n) is 3.58. The standard InChI is InChI=1S/C10H10F3N5/c1-14-5-8-2-3-9(17-16-8)18-6-7(4-15-18)10(11,12)13/h2-4,6,14H,5H2,1H3. The van der Waals surface area contributed by atoms with E-state index in [0.717, 1.165) is 17.1 Å². The Kier molecular flexibility index (Phi) is 3.28. The molecule has 5 nitrogen and oxygen atoms in total. The molecule has 2 rings (SSSR count). The van der Waals surface area contributed by atoms with E-state index in [4.69, 9.17) is 0 Å². The summed E-state index contributed by atoms with van der Waals surface area (Å²) in [7, 11) is 1.76. The molecule has 0 fully saturated rings. The zero-order chi connectivity index (χ0) is 13.2. The first-order valence-corrected chi connectivity index (χ1v) is 5.10. The third-order valence-electron chi connectivity index (χ3n) is 2.21. The minimum absolute atomic E-state index is 0.241. The molecule has 0 bridgehead atoms. The van der Waals surface area contributed by atoms with Crippen LogP contribution in [0.1, 0.15) is 11.3 Å². The van der Waals surface area contributed by atoms with Crippen LogP contribution in [-0.4, -0.2) is 27.0 Å². The lowest BCUT2D eigenvalue weighted by Crippen LogP contribution is -2.09. The van der Waals surface area contributed by atoms with Crippen LogP contribution >= 0.6 is 0 Å². The summed E-state index contributed by atoms with van der Waals surface area (Å²) in [5.41, 5.74) is -0.118. The number of hydrogen-bond donors (Lipinski definition) is 1. The molecule has 0 spiro atoms. The average Bonchev–Trinajstić information content (AvgIpc) is 2.79. The molecule has 2 aromatic rings. The Hall–Kier alpha value is -1.96. The number of nitrogens with zero attached hydrogens (tertiary/aromatic N) is 4. The summed E-state index contributed by atoms with van der Waals surface area (Å²) in [6, 6.07) is 3.24. The van der Waals surface area contributed by atoms with E-state index in [0.29, 0.717) is 12.2 Å². The highest BCUT2D eigenvalue weighted by Crippen LogP contribution is 2.28. The van der Waals surface area contributed by atoms with Crippen molar-refractivity contribution in [3.8, 4) is 5.82 Å². The van der Waals surface area contributed by atoms with Crippen molar-refractivity contribution in [3.63, 3.8) is 0 Å². The van der Waals surface area contributed by atoms with Gasteiger partial charge in [0.05, 0.1) is 17.5 Å². The molecule has 18 heavy (non-hydrogen) atoms. The fourth-order valence-electron chi connectivity index (χ4n) is 1.34. The van der Waals surface area contributed by atoms with Crippen molar-refractivity contribution in [2.24, 2.45) is 0 Å². The third kappa shape index (κ3) is 2.65. The zero-order valence-corrected chi connectivity index (χ0v) is 9.44. The largest absolute Gasteiger partial charge is 0.419 e. The number of alkyl halides is 3. The van der Waals surface area contributed by atoms with Crippen molar-refractivity contribution in [1.82, 2.24) is 25.3 Å². The molecule has 1 N–H and O–H groups in total. The van der Waals surface area contributed by atoms with Crippen molar-refractivity contribution in [2.45, 2.75) is 12.7 Å². The van der Waals surface area contributed by atoms with Crippen LogP contribution in [0.15, 0.2) is 24.5 Å². The Labute approximate surface area is 101 Å². The second-order valence-corrected chi connectivity index (χ2v) is 3.58. The summed E-state index contributed by atoms with van der Waals surface area (Å²) < 4.78 is 38.2. The lowest BCUT2D eigenvalue weighted by atomic mass is 10.3. The molecule has 0 radical (unpaired) electrons. The average molecular weight is 257 g/mol. The van der Waals surface area contributed by atoms with Gasteiger partial charge < -0.3 is 5.32 Å². The fourth-order valence-corrected chi connectivity index (χ4v) is 1.34. The second kappa shape index (κ2) is 4.73. The Morgan fingerprint density at radius 1 is 1.28 bits per heavy atom. The minimum Gasteiger partial charge on any atom is -0.314 e. The van der Waals surface area contributed by atoms with E-state index in [2.05, 4.69) is 20.6 Å². The van der Waals surface area contributed by atoms with Gasteiger partial charge >= 0.3 is 6.18 Å². The Bertz CT molecular complexity index is 517. The van der Waals surface area contributed by atoms with Gasteiger partial charge in [0.2, 0.25) is 0 Å². The van der Waals surface area contributed by atoms with Crippen molar-refractivity contribution < 1.29 is 13.2 Å². The lowest BCUT2D eigenvalue weighted by Gasteiger charge is -2.02. The smallest absolute Gasteiger partial charge is 0.314 e. The normalized spacial score (nSPS) is 11.8. The lowest BCUT2D eigenvalue weighted by molar-refractivity contribution is -0.137. The highest BCUT2D eigenvalue weighted by Gasteiger charge is 2.32. The van der Waals surface area contributed by atoms with Crippen LogP contribution in [0, 0.1) is 0 Å². The van der Waals surface area contributed by atoms with Gasteiger partial charge in [-0.3, -0.25) is 0 Å². The Morgan fingerprint density at radius 3 is 2.56 bits per heavy atom. The molecule has 0 aliphatic heterocycles. The number of halogens is 3. The van der Waals surface area contributed by atoms with Crippen molar-refractivity contribution in [3.05, 3.63) is 35.8 Å². The summed E-state index contributed by atoms with van der Waals surface area (Å²) in [4.78, 5) is 0. The maximum absolute atomic E-state index is 12.4. The van der Waals surface area contributed by atoms with Gasteiger partial charge in [0, 0.05) is 12.7 Å². The first-order valence-electron chi connectivity index (χ1n) is 5.10. The molecule has 0 aromatic carbocycles. The molecule has 0 atom stereocenters. The molecular weight excluding hydrogens is 247 g/mol. The monoisotopic (exact) mass is 257 g/mol. The molecular formula is C10H10F3N5. The maximum atomic E-state index is 12.4. The molecule has 0 aliphatic rings. The molecule has 0 saturated heterocycles. The van der Waals surface area contributed by atoms with Crippen LogP contribution in [0.2, 0.25) is 0 Å². The summed E-state index contributed by atoms with van der Waals surface area (Å²) in [6.45, 7) is 0.542.